The van der Waals surface area contributed by atoms with Crippen LogP contribution < -0.4 is 10.6 Å². The molecule has 1 saturated carbocycles. The van der Waals surface area contributed by atoms with E-state index in [1.807, 2.05) is 25.3 Å². The van der Waals surface area contributed by atoms with E-state index in [9.17, 15) is 4.79 Å². The molecule has 3 aromatic heterocycles. The number of aromatic nitrogens is 4. The SMILES string of the molecule is Cc1[nH]ncc1-c1cnc2ccc(NC(=O)NC3CCCC3)nc2c1. The highest BCUT2D eigenvalue weighted by Gasteiger charge is 2.17. The van der Waals surface area contributed by atoms with Crippen molar-refractivity contribution >= 4 is 22.9 Å². The Kier molecular flexibility index (Phi) is 4.05. The number of nitrogens with zero attached hydrogens (tertiary/aromatic N) is 3. The number of urea groups is 1. The van der Waals surface area contributed by atoms with Gasteiger partial charge in [0.15, 0.2) is 0 Å². The molecule has 0 radical (unpaired) electrons. The van der Waals surface area contributed by atoms with Crippen molar-refractivity contribution in [2.45, 2.75) is 38.6 Å². The molecule has 25 heavy (non-hydrogen) atoms. The molecule has 0 atom stereocenters. The summed E-state index contributed by atoms with van der Waals surface area (Å²) in [6, 6.07) is 5.66. The van der Waals surface area contributed by atoms with Crippen LogP contribution in [0.25, 0.3) is 22.2 Å². The topological polar surface area (TPSA) is 95.6 Å². The van der Waals surface area contributed by atoms with Gasteiger partial charge in [0.2, 0.25) is 0 Å². The molecule has 1 aliphatic carbocycles. The Labute approximate surface area is 145 Å². The van der Waals surface area contributed by atoms with Gasteiger partial charge in [0.25, 0.3) is 0 Å². The van der Waals surface area contributed by atoms with E-state index in [4.69, 9.17) is 0 Å². The van der Waals surface area contributed by atoms with Crippen LogP contribution in [0, 0.1) is 6.92 Å². The monoisotopic (exact) mass is 336 g/mol. The maximum Gasteiger partial charge on any atom is 0.320 e. The molecule has 128 valence electrons. The van der Waals surface area contributed by atoms with Crippen molar-refractivity contribution in [1.29, 1.82) is 0 Å². The first-order valence-electron chi connectivity index (χ1n) is 8.54. The predicted octanol–water partition coefficient (Wildman–Crippen LogP) is 3.39. The van der Waals surface area contributed by atoms with Crippen molar-refractivity contribution in [3.63, 3.8) is 0 Å². The molecule has 0 unspecified atom stereocenters. The van der Waals surface area contributed by atoms with E-state index < -0.39 is 0 Å². The average Bonchev–Trinajstić information content (AvgIpc) is 3.25. The molecule has 0 saturated heterocycles. The lowest BCUT2D eigenvalue weighted by Crippen LogP contribution is -2.36. The van der Waals surface area contributed by atoms with Gasteiger partial charge in [-0.3, -0.25) is 15.4 Å². The number of anilines is 1. The Morgan fingerprint density at radius 2 is 2.04 bits per heavy atom. The average molecular weight is 336 g/mol. The van der Waals surface area contributed by atoms with Crippen molar-refractivity contribution in [3.8, 4) is 11.1 Å². The minimum absolute atomic E-state index is 0.200. The zero-order chi connectivity index (χ0) is 17.2. The first-order valence-corrected chi connectivity index (χ1v) is 8.54. The number of carbonyl (C=O) groups is 1. The first-order chi connectivity index (χ1) is 12.2. The maximum absolute atomic E-state index is 12.1. The molecule has 7 heteroatoms. The van der Waals surface area contributed by atoms with Crippen LogP contribution in [-0.2, 0) is 0 Å². The van der Waals surface area contributed by atoms with Crippen LogP contribution in [-0.4, -0.2) is 32.2 Å². The summed E-state index contributed by atoms with van der Waals surface area (Å²) in [4.78, 5) is 21.1. The normalized spacial score (nSPS) is 14.8. The fourth-order valence-corrected chi connectivity index (χ4v) is 3.27. The summed E-state index contributed by atoms with van der Waals surface area (Å²) in [6.07, 6.45) is 8.05. The molecule has 4 rings (SSSR count). The molecule has 0 bridgehead atoms. The minimum atomic E-state index is -0.200. The van der Waals surface area contributed by atoms with Crippen LogP contribution in [0.4, 0.5) is 10.6 Å². The number of pyridine rings is 2. The van der Waals surface area contributed by atoms with Crippen LogP contribution >= 0.6 is 0 Å². The maximum atomic E-state index is 12.1. The molecule has 3 N–H and O–H groups in total. The number of carbonyl (C=O) groups excluding carboxylic acids is 1. The van der Waals surface area contributed by atoms with E-state index in [2.05, 4.69) is 30.8 Å². The molecule has 3 aromatic rings. The molecule has 0 aromatic carbocycles. The number of aryl methyl sites for hydroxylation is 1. The third-order valence-corrected chi connectivity index (χ3v) is 4.61. The summed E-state index contributed by atoms with van der Waals surface area (Å²) in [5, 5.41) is 12.8. The Bertz CT molecular complexity index is 913. The molecule has 1 aliphatic rings. The van der Waals surface area contributed by atoms with Gasteiger partial charge < -0.3 is 5.32 Å². The van der Waals surface area contributed by atoms with Gasteiger partial charge in [0.1, 0.15) is 5.82 Å². The number of hydrogen-bond donors (Lipinski definition) is 3. The van der Waals surface area contributed by atoms with E-state index in [1.165, 1.54) is 12.8 Å². The second kappa shape index (κ2) is 6.51. The lowest BCUT2D eigenvalue weighted by atomic mass is 10.1. The summed E-state index contributed by atoms with van der Waals surface area (Å²) in [6.45, 7) is 1.96. The number of aromatic amines is 1. The second-order valence-electron chi connectivity index (χ2n) is 6.45. The largest absolute Gasteiger partial charge is 0.335 e. The highest BCUT2D eigenvalue weighted by Crippen LogP contribution is 2.24. The van der Waals surface area contributed by atoms with Crippen molar-refractivity contribution < 1.29 is 4.79 Å². The number of H-pyrrole nitrogens is 1. The molecule has 3 heterocycles. The second-order valence-corrected chi connectivity index (χ2v) is 6.45. The van der Waals surface area contributed by atoms with E-state index >= 15 is 0 Å². The highest BCUT2D eigenvalue weighted by molar-refractivity contribution is 5.90. The fraction of sp³-hybridized carbons (Fsp3) is 0.333. The number of nitrogens with one attached hydrogen (secondary N) is 3. The van der Waals surface area contributed by atoms with Gasteiger partial charge in [-0.05, 0) is 38.0 Å². The lowest BCUT2D eigenvalue weighted by Gasteiger charge is -2.12. The summed E-state index contributed by atoms with van der Waals surface area (Å²) in [5.74, 6) is 0.519. The van der Waals surface area contributed by atoms with Gasteiger partial charge in [-0.1, -0.05) is 12.8 Å². The van der Waals surface area contributed by atoms with Crippen LogP contribution in [0.3, 0.4) is 0 Å². The molecular formula is C18H20N6O. The molecule has 2 amide bonds. The van der Waals surface area contributed by atoms with Gasteiger partial charge in [0, 0.05) is 29.1 Å². The van der Waals surface area contributed by atoms with E-state index in [0.717, 1.165) is 40.7 Å². The Morgan fingerprint density at radius 1 is 1.20 bits per heavy atom. The Balaban J connectivity index is 1.56. The van der Waals surface area contributed by atoms with Gasteiger partial charge in [-0.2, -0.15) is 5.10 Å². The Hall–Kier alpha value is -2.96. The standard InChI is InChI=1S/C18H20N6O/c1-11-14(10-20-24-11)12-8-16-15(19-9-12)6-7-17(22-16)23-18(25)21-13-4-2-3-5-13/h6-10,13H,2-5H2,1H3,(H,20,24)(H2,21,22,23,25). The van der Waals surface area contributed by atoms with E-state index in [-0.39, 0.29) is 12.1 Å². The lowest BCUT2D eigenvalue weighted by molar-refractivity contribution is 0.248. The first kappa shape index (κ1) is 15.6. The van der Waals surface area contributed by atoms with Gasteiger partial charge in [0.05, 0.1) is 17.2 Å². The van der Waals surface area contributed by atoms with Crippen molar-refractivity contribution in [2.75, 3.05) is 5.32 Å². The van der Waals surface area contributed by atoms with Crippen LogP contribution in [0.2, 0.25) is 0 Å². The van der Waals surface area contributed by atoms with Crippen LogP contribution in [0.15, 0.2) is 30.6 Å². The predicted molar refractivity (Wildman–Crippen MR) is 96.3 cm³/mol. The summed E-state index contributed by atoms with van der Waals surface area (Å²) >= 11 is 0. The van der Waals surface area contributed by atoms with E-state index in [1.54, 1.807) is 12.3 Å². The smallest absolute Gasteiger partial charge is 0.320 e. The number of rotatable bonds is 3. The third kappa shape index (κ3) is 3.31. The zero-order valence-corrected chi connectivity index (χ0v) is 14.0. The molecule has 0 spiro atoms. The number of amides is 2. The highest BCUT2D eigenvalue weighted by atomic mass is 16.2. The molecular weight excluding hydrogens is 316 g/mol. The molecule has 7 nitrogen and oxygen atoms in total. The van der Waals surface area contributed by atoms with Gasteiger partial charge in [-0.25, -0.2) is 9.78 Å². The summed E-state index contributed by atoms with van der Waals surface area (Å²) in [7, 11) is 0. The quantitative estimate of drug-likeness (QED) is 0.683. The minimum Gasteiger partial charge on any atom is -0.335 e. The van der Waals surface area contributed by atoms with Crippen molar-refractivity contribution in [3.05, 3.63) is 36.3 Å². The van der Waals surface area contributed by atoms with Gasteiger partial charge in [-0.15, -0.1) is 0 Å². The zero-order valence-electron chi connectivity index (χ0n) is 14.0. The van der Waals surface area contributed by atoms with E-state index in [0.29, 0.717) is 5.82 Å². The molecule has 0 aliphatic heterocycles. The number of fused-ring (bicyclic) bond motifs is 1. The van der Waals surface area contributed by atoms with Crippen LogP contribution in [0.1, 0.15) is 31.4 Å². The fourth-order valence-electron chi connectivity index (χ4n) is 3.27. The summed E-state index contributed by atoms with van der Waals surface area (Å²) < 4.78 is 0. The third-order valence-electron chi connectivity index (χ3n) is 4.61. The van der Waals surface area contributed by atoms with Crippen LogP contribution in [0.5, 0.6) is 0 Å². The van der Waals surface area contributed by atoms with Crippen molar-refractivity contribution in [2.24, 2.45) is 0 Å². The van der Waals surface area contributed by atoms with Gasteiger partial charge >= 0.3 is 6.03 Å². The Morgan fingerprint density at radius 3 is 2.80 bits per heavy atom. The number of hydrogen-bond acceptors (Lipinski definition) is 4. The summed E-state index contributed by atoms with van der Waals surface area (Å²) in [5.41, 5.74) is 4.43. The van der Waals surface area contributed by atoms with Crippen molar-refractivity contribution in [1.82, 2.24) is 25.5 Å². The molecule has 1 fully saturated rings.